The van der Waals surface area contributed by atoms with Crippen molar-refractivity contribution in [1.82, 2.24) is 0 Å². The van der Waals surface area contributed by atoms with E-state index in [1.807, 2.05) is 0 Å². The fraction of sp³-hybridized carbons (Fsp3) is 0.952. The molecule has 0 bridgehead atoms. The molecule has 6 heteroatoms. The van der Waals surface area contributed by atoms with Crippen LogP contribution in [-0.2, 0) is 28.5 Å². The third kappa shape index (κ3) is 2.28. The Balaban J connectivity index is 1.68. The maximum Gasteiger partial charge on any atom is 0.155 e. The molecule has 0 aromatic carbocycles. The second kappa shape index (κ2) is 6.77. The van der Waals surface area contributed by atoms with Gasteiger partial charge < -0.3 is 28.5 Å². The Bertz CT molecular complexity index is 545. The van der Waals surface area contributed by atoms with Crippen molar-refractivity contribution in [2.24, 2.45) is 0 Å². The Morgan fingerprint density at radius 2 is 1.33 bits per heavy atom. The van der Waals surface area contributed by atoms with Crippen molar-refractivity contribution in [3.05, 3.63) is 0 Å². The SMILES string of the molecule is O=C[C@]1([C@@]2([C@@]3([C@]4([C@H]5CCCO5)CCCO4)CCCO3)CCCO2)CCCO1. The molecule has 0 radical (unpaired) electrons. The quantitative estimate of drug-likeness (QED) is 0.683. The van der Waals surface area contributed by atoms with Gasteiger partial charge in [-0.05, 0) is 64.2 Å². The van der Waals surface area contributed by atoms with Gasteiger partial charge in [-0.2, -0.15) is 0 Å². The molecule has 5 heterocycles. The molecule has 152 valence electrons. The van der Waals surface area contributed by atoms with Gasteiger partial charge in [0.25, 0.3) is 0 Å². The van der Waals surface area contributed by atoms with Crippen LogP contribution >= 0.6 is 0 Å². The van der Waals surface area contributed by atoms with Crippen LogP contribution in [0.4, 0.5) is 0 Å². The molecule has 0 spiro atoms. The lowest BCUT2D eigenvalue weighted by Gasteiger charge is -2.59. The largest absolute Gasteiger partial charge is 0.375 e. The summed E-state index contributed by atoms with van der Waals surface area (Å²) in [5.74, 6) is 0. The van der Waals surface area contributed by atoms with E-state index < -0.39 is 22.4 Å². The normalized spacial score (nSPS) is 50.6. The molecule has 0 amide bonds. The molecule has 5 fully saturated rings. The highest BCUT2D eigenvalue weighted by Crippen LogP contribution is 2.62. The minimum absolute atomic E-state index is 0.00396. The zero-order valence-electron chi connectivity index (χ0n) is 16.2. The van der Waals surface area contributed by atoms with Crippen molar-refractivity contribution >= 4 is 6.29 Å². The minimum Gasteiger partial charge on any atom is -0.375 e. The summed E-state index contributed by atoms with van der Waals surface area (Å²) in [6, 6.07) is 0. The Hall–Kier alpha value is -0.530. The van der Waals surface area contributed by atoms with E-state index in [0.29, 0.717) is 26.2 Å². The predicted octanol–water partition coefficient (Wildman–Crippen LogP) is 2.56. The second-order valence-corrected chi connectivity index (χ2v) is 8.86. The van der Waals surface area contributed by atoms with Crippen LogP contribution in [0.2, 0.25) is 0 Å². The number of hydrogen-bond acceptors (Lipinski definition) is 6. The Morgan fingerprint density at radius 3 is 1.85 bits per heavy atom. The third-order valence-corrected chi connectivity index (χ3v) is 7.81. The van der Waals surface area contributed by atoms with E-state index in [0.717, 1.165) is 77.3 Å². The lowest BCUT2D eigenvalue weighted by atomic mass is 9.58. The lowest BCUT2D eigenvalue weighted by Crippen LogP contribution is -2.77. The highest BCUT2D eigenvalue weighted by atomic mass is 16.6. The summed E-state index contributed by atoms with van der Waals surface area (Å²) in [6.45, 7) is 3.42. The number of carbonyl (C=O) groups excluding carboxylic acids is 1. The summed E-state index contributed by atoms with van der Waals surface area (Å²) in [7, 11) is 0. The van der Waals surface area contributed by atoms with E-state index in [4.69, 9.17) is 23.7 Å². The first-order chi connectivity index (χ1) is 13.2. The van der Waals surface area contributed by atoms with Crippen molar-refractivity contribution < 1.29 is 28.5 Å². The summed E-state index contributed by atoms with van der Waals surface area (Å²) in [6.07, 6.45) is 10.0. The molecule has 5 aliphatic heterocycles. The fourth-order valence-corrected chi connectivity index (χ4v) is 6.87. The molecule has 0 aliphatic carbocycles. The van der Waals surface area contributed by atoms with Crippen molar-refractivity contribution in [3.63, 3.8) is 0 Å². The van der Waals surface area contributed by atoms with Gasteiger partial charge in [-0.3, -0.25) is 0 Å². The van der Waals surface area contributed by atoms with Crippen LogP contribution in [-0.4, -0.2) is 67.8 Å². The van der Waals surface area contributed by atoms with E-state index in [2.05, 4.69) is 0 Å². The summed E-state index contributed by atoms with van der Waals surface area (Å²) in [5, 5.41) is 0. The average Bonchev–Trinajstić information content (AvgIpc) is 3.51. The first-order valence-corrected chi connectivity index (χ1v) is 10.9. The van der Waals surface area contributed by atoms with Crippen molar-refractivity contribution in [3.8, 4) is 0 Å². The second-order valence-electron chi connectivity index (χ2n) is 8.86. The van der Waals surface area contributed by atoms with Crippen LogP contribution in [0.3, 0.4) is 0 Å². The maximum absolute atomic E-state index is 12.5. The van der Waals surface area contributed by atoms with Crippen LogP contribution in [0.1, 0.15) is 64.2 Å². The average molecular weight is 380 g/mol. The summed E-state index contributed by atoms with van der Waals surface area (Å²) in [5.41, 5.74) is -2.96. The molecule has 6 nitrogen and oxygen atoms in total. The third-order valence-electron chi connectivity index (χ3n) is 7.81. The molecule has 27 heavy (non-hydrogen) atoms. The van der Waals surface area contributed by atoms with E-state index in [-0.39, 0.29) is 6.10 Å². The number of ether oxygens (including phenoxy) is 5. The number of hydrogen-bond donors (Lipinski definition) is 0. The van der Waals surface area contributed by atoms with Crippen LogP contribution in [0.25, 0.3) is 0 Å². The summed E-state index contributed by atoms with van der Waals surface area (Å²) in [4.78, 5) is 12.5. The Labute approximate surface area is 161 Å². The topological polar surface area (TPSA) is 63.2 Å². The van der Waals surface area contributed by atoms with Gasteiger partial charge in [-0.15, -0.1) is 0 Å². The highest BCUT2D eigenvalue weighted by Gasteiger charge is 2.77. The maximum atomic E-state index is 12.5. The monoisotopic (exact) mass is 380 g/mol. The van der Waals surface area contributed by atoms with Crippen LogP contribution in [0.15, 0.2) is 0 Å². The fourth-order valence-electron chi connectivity index (χ4n) is 6.87. The number of aldehydes is 1. The smallest absolute Gasteiger partial charge is 0.155 e. The van der Waals surface area contributed by atoms with Gasteiger partial charge in [0.15, 0.2) is 11.9 Å². The van der Waals surface area contributed by atoms with Gasteiger partial charge in [0.2, 0.25) is 0 Å². The molecule has 0 aromatic heterocycles. The van der Waals surface area contributed by atoms with Gasteiger partial charge in [-0.25, -0.2) is 0 Å². The van der Waals surface area contributed by atoms with Gasteiger partial charge in [0.1, 0.15) is 16.8 Å². The highest BCUT2D eigenvalue weighted by molar-refractivity contribution is 5.67. The van der Waals surface area contributed by atoms with Gasteiger partial charge in [-0.1, -0.05) is 0 Å². The molecular weight excluding hydrogens is 348 g/mol. The molecule has 0 unspecified atom stereocenters. The first-order valence-electron chi connectivity index (χ1n) is 10.9. The molecule has 5 aliphatic rings. The predicted molar refractivity (Wildman–Crippen MR) is 96.7 cm³/mol. The van der Waals surface area contributed by atoms with Crippen LogP contribution < -0.4 is 0 Å². The standard InChI is InChI=1S/C21H32O6/c22-16-18(7-2-12-24-18)20(9-4-14-26-20)21(10-5-15-27-21)19(8-3-13-25-19)17-6-1-11-23-17/h16-17H,1-15H2/t17-,18+,19-,20-,21+/m1/s1. The van der Waals surface area contributed by atoms with E-state index in [9.17, 15) is 4.79 Å². The molecule has 0 saturated carbocycles. The summed E-state index contributed by atoms with van der Waals surface area (Å²) >= 11 is 0. The molecule has 5 rings (SSSR count). The Kier molecular flexibility index (Phi) is 4.64. The molecule has 0 aromatic rings. The van der Waals surface area contributed by atoms with Gasteiger partial charge >= 0.3 is 0 Å². The molecule has 0 N–H and O–H groups in total. The zero-order valence-corrected chi connectivity index (χ0v) is 16.2. The Morgan fingerprint density at radius 1 is 0.667 bits per heavy atom. The minimum atomic E-state index is -0.939. The first kappa shape index (κ1) is 18.5. The number of carbonyl (C=O) groups is 1. The molecular formula is C21H32O6. The van der Waals surface area contributed by atoms with Crippen LogP contribution in [0, 0.1) is 0 Å². The van der Waals surface area contributed by atoms with Crippen molar-refractivity contribution in [2.45, 2.75) is 92.7 Å². The van der Waals surface area contributed by atoms with Crippen LogP contribution in [0.5, 0.6) is 0 Å². The number of rotatable bonds is 5. The van der Waals surface area contributed by atoms with E-state index in [1.165, 1.54) is 0 Å². The van der Waals surface area contributed by atoms with Crippen molar-refractivity contribution in [2.75, 3.05) is 33.0 Å². The molecule has 5 saturated heterocycles. The lowest BCUT2D eigenvalue weighted by molar-refractivity contribution is -0.314. The van der Waals surface area contributed by atoms with E-state index >= 15 is 0 Å². The zero-order chi connectivity index (χ0) is 18.4. The van der Waals surface area contributed by atoms with Gasteiger partial charge in [0.05, 0.1) is 6.10 Å². The van der Waals surface area contributed by atoms with Crippen molar-refractivity contribution in [1.29, 1.82) is 0 Å². The van der Waals surface area contributed by atoms with E-state index in [1.54, 1.807) is 0 Å². The summed E-state index contributed by atoms with van der Waals surface area (Å²) < 4.78 is 32.3. The van der Waals surface area contributed by atoms with Gasteiger partial charge in [0, 0.05) is 33.0 Å². The molecule has 5 atom stereocenters.